The normalized spacial score (nSPS) is 10.5. The number of aromatic nitrogens is 4. The van der Waals surface area contributed by atoms with Crippen LogP contribution in [0.25, 0.3) is 0 Å². The van der Waals surface area contributed by atoms with Gasteiger partial charge >= 0.3 is 0 Å². The Morgan fingerprint density at radius 1 is 1.06 bits per heavy atom. The Hall–Kier alpha value is -4.58. The van der Waals surface area contributed by atoms with Gasteiger partial charge in [-0.2, -0.15) is 0 Å². The third-order valence-electron chi connectivity index (χ3n) is 4.83. The third kappa shape index (κ3) is 5.86. The minimum Gasteiger partial charge on any atom is -0.346 e. The Balaban J connectivity index is 1.46. The molecule has 0 atom stereocenters. The molecular formula is C23H19N7O4S. The average molecular weight is 490 g/mol. The van der Waals surface area contributed by atoms with Crippen molar-refractivity contribution in [2.24, 2.45) is 7.05 Å². The van der Waals surface area contributed by atoms with Crippen LogP contribution in [0.2, 0.25) is 0 Å². The van der Waals surface area contributed by atoms with E-state index in [1.54, 1.807) is 48.1 Å². The lowest BCUT2D eigenvalue weighted by Crippen LogP contribution is -2.23. The van der Waals surface area contributed by atoms with Crippen molar-refractivity contribution in [2.75, 3.05) is 5.32 Å². The number of benzene rings is 2. The van der Waals surface area contributed by atoms with Crippen LogP contribution in [0.15, 0.2) is 83.2 Å². The lowest BCUT2D eigenvalue weighted by molar-refractivity contribution is -0.387. The predicted molar refractivity (Wildman–Crippen MR) is 128 cm³/mol. The van der Waals surface area contributed by atoms with Gasteiger partial charge in [0.25, 0.3) is 17.5 Å². The molecule has 2 amide bonds. The number of aryl methyl sites for hydroxylation is 1. The van der Waals surface area contributed by atoms with Gasteiger partial charge in [-0.25, -0.2) is 0 Å². The number of nitrogens with zero attached hydrogens (tertiary/aromatic N) is 5. The molecule has 0 aliphatic heterocycles. The number of hydrogen-bond acceptors (Lipinski definition) is 8. The zero-order valence-corrected chi connectivity index (χ0v) is 19.2. The fourth-order valence-electron chi connectivity index (χ4n) is 3.07. The van der Waals surface area contributed by atoms with Crippen LogP contribution in [-0.2, 0) is 13.6 Å². The first-order chi connectivity index (χ1) is 16.9. The summed E-state index contributed by atoms with van der Waals surface area (Å²) >= 11 is 1.08. The summed E-state index contributed by atoms with van der Waals surface area (Å²) in [6.45, 7) is 0.263. The van der Waals surface area contributed by atoms with Crippen LogP contribution >= 0.6 is 11.8 Å². The monoisotopic (exact) mass is 489 g/mol. The van der Waals surface area contributed by atoms with Gasteiger partial charge in [0.05, 0.1) is 22.1 Å². The first-order valence-corrected chi connectivity index (χ1v) is 11.1. The van der Waals surface area contributed by atoms with Crippen molar-refractivity contribution in [1.82, 2.24) is 25.1 Å². The minimum atomic E-state index is -0.554. The van der Waals surface area contributed by atoms with E-state index in [0.717, 1.165) is 11.8 Å². The standard InChI is InChI=1S/C23H19N7O4S/c1-29-14-26-28-23(29)35-20-9-8-16(12-19(20)30(33)34)22(32)27-17-7-4-5-15(11-17)21(31)25-13-18-6-2-3-10-24-18/h2-12,14H,13H2,1H3,(H,25,31)(H,27,32). The molecule has 0 aliphatic carbocycles. The molecular weight excluding hydrogens is 470 g/mol. The summed E-state index contributed by atoms with van der Waals surface area (Å²) in [5.74, 6) is -0.873. The Kier molecular flexibility index (Phi) is 7.12. The zero-order chi connectivity index (χ0) is 24.8. The number of hydrogen-bond donors (Lipinski definition) is 2. The Bertz CT molecular complexity index is 1390. The fraction of sp³-hybridized carbons (Fsp3) is 0.0870. The van der Waals surface area contributed by atoms with Gasteiger partial charge in [0.2, 0.25) is 0 Å². The van der Waals surface area contributed by atoms with Crippen LogP contribution in [0.4, 0.5) is 11.4 Å². The molecule has 0 saturated carbocycles. The number of amides is 2. The van der Waals surface area contributed by atoms with Crippen molar-refractivity contribution in [1.29, 1.82) is 0 Å². The number of nitro groups is 1. The molecule has 0 saturated heterocycles. The topological polar surface area (TPSA) is 145 Å². The highest BCUT2D eigenvalue weighted by Crippen LogP contribution is 2.34. The maximum Gasteiger partial charge on any atom is 0.284 e. The minimum absolute atomic E-state index is 0.101. The van der Waals surface area contributed by atoms with E-state index >= 15 is 0 Å². The van der Waals surface area contributed by atoms with Gasteiger partial charge in [0.15, 0.2) is 5.16 Å². The quantitative estimate of drug-likeness (QED) is 0.283. The van der Waals surface area contributed by atoms with E-state index in [-0.39, 0.29) is 23.7 Å². The summed E-state index contributed by atoms with van der Waals surface area (Å²) in [6, 6.07) is 16.0. The van der Waals surface area contributed by atoms with Gasteiger partial charge in [-0.15, -0.1) is 10.2 Å². The third-order valence-corrected chi connectivity index (χ3v) is 5.95. The highest BCUT2D eigenvalue weighted by Gasteiger charge is 2.20. The SMILES string of the molecule is Cn1cnnc1Sc1ccc(C(=O)Nc2cccc(C(=O)NCc3ccccn3)c2)cc1[N+](=O)[O-]. The molecule has 2 heterocycles. The molecule has 0 aliphatic rings. The van der Waals surface area contributed by atoms with E-state index in [1.165, 1.54) is 30.6 Å². The van der Waals surface area contributed by atoms with Crippen LogP contribution in [0.5, 0.6) is 0 Å². The van der Waals surface area contributed by atoms with Crippen LogP contribution < -0.4 is 10.6 Å². The van der Waals surface area contributed by atoms with Crippen LogP contribution in [0.3, 0.4) is 0 Å². The highest BCUT2D eigenvalue weighted by atomic mass is 32.2. The molecule has 176 valence electrons. The second-order valence-corrected chi connectivity index (χ2v) is 8.31. The van der Waals surface area contributed by atoms with Crippen molar-refractivity contribution < 1.29 is 14.5 Å². The van der Waals surface area contributed by atoms with Crippen molar-refractivity contribution in [3.8, 4) is 0 Å². The maximum atomic E-state index is 12.8. The molecule has 0 fully saturated rings. The van der Waals surface area contributed by atoms with Gasteiger partial charge in [-0.3, -0.25) is 24.7 Å². The number of rotatable bonds is 8. The van der Waals surface area contributed by atoms with Crippen LogP contribution in [0.1, 0.15) is 26.4 Å². The molecule has 2 N–H and O–H groups in total. The van der Waals surface area contributed by atoms with Gasteiger partial charge in [0, 0.05) is 36.1 Å². The van der Waals surface area contributed by atoms with Crippen LogP contribution in [0, 0.1) is 10.1 Å². The molecule has 0 unspecified atom stereocenters. The molecule has 2 aromatic carbocycles. The van der Waals surface area contributed by atoms with Gasteiger partial charge in [0.1, 0.15) is 6.33 Å². The lowest BCUT2D eigenvalue weighted by Gasteiger charge is -2.09. The molecule has 35 heavy (non-hydrogen) atoms. The maximum absolute atomic E-state index is 12.8. The molecule has 0 spiro atoms. The zero-order valence-electron chi connectivity index (χ0n) is 18.4. The summed E-state index contributed by atoms with van der Waals surface area (Å²) in [6.07, 6.45) is 3.13. The number of carbonyl (C=O) groups excluding carboxylic acids is 2. The van der Waals surface area contributed by atoms with Gasteiger partial charge in [-0.05, 0) is 54.2 Å². The van der Waals surface area contributed by atoms with Gasteiger partial charge in [-0.1, -0.05) is 12.1 Å². The van der Waals surface area contributed by atoms with E-state index in [4.69, 9.17) is 0 Å². The van der Waals surface area contributed by atoms with E-state index in [9.17, 15) is 19.7 Å². The van der Waals surface area contributed by atoms with E-state index in [1.807, 2.05) is 6.07 Å². The summed E-state index contributed by atoms with van der Waals surface area (Å²) in [4.78, 5) is 40.8. The molecule has 0 radical (unpaired) electrons. The first kappa shape index (κ1) is 23.6. The summed E-state index contributed by atoms with van der Waals surface area (Å²) in [5.41, 5.74) is 1.31. The number of anilines is 1. The Labute approximate surface area is 203 Å². The Morgan fingerprint density at radius 2 is 1.89 bits per heavy atom. The molecule has 0 bridgehead atoms. The second-order valence-electron chi connectivity index (χ2n) is 7.30. The number of pyridine rings is 1. The fourth-order valence-corrected chi connectivity index (χ4v) is 3.92. The smallest absolute Gasteiger partial charge is 0.284 e. The highest BCUT2D eigenvalue weighted by molar-refractivity contribution is 7.99. The molecule has 2 aromatic heterocycles. The summed E-state index contributed by atoms with van der Waals surface area (Å²) in [7, 11) is 1.73. The summed E-state index contributed by atoms with van der Waals surface area (Å²) < 4.78 is 1.63. The number of nitrogens with one attached hydrogen (secondary N) is 2. The van der Waals surface area contributed by atoms with E-state index < -0.39 is 10.8 Å². The van der Waals surface area contributed by atoms with E-state index in [2.05, 4.69) is 25.8 Å². The molecule has 4 aromatic rings. The Morgan fingerprint density at radius 3 is 2.60 bits per heavy atom. The molecule has 12 heteroatoms. The lowest BCUT2D eigenvalue weighted by atomic mass is 10.1. The largest absolute Gasteiger partial charge is 0.346 e. The van der Waals surface area contributed by atoms with Gasteiger partial charge < -0.3 is 15.2 Å². The van der Waals surface area contributed by atoms with Crippen LogP contribution in [-0.4, -0.2) is 36.5 Å². The van der Waals surface area contributed by atoms with Crippen molar-refractivity contribution >= 4 is 35.0 Å². The first-order valence-electron chi connectivity index (χ1n) is 10.3. The van der Waals surface area contributed by atoms with Crippen molar-refractivity contribution in [3.05, 3.63) is 100 Å². The molecule has 11 nitrogen and oxygen atoms in total. The van der Waals surface area contributed by atoms with Crippen molar-refractivity contribution in [3.63, 3.8) is 0 Å². The second kappa shape index (κ2) is 10.6. The van der Waals surface area contributed by atoms with E-state index in [0.29, 0.717) is 27.0 Å². The molecule has 4 rings (SSSR count). The average Bonchev–Trinajstić information content (AvgIpc) is 3.27. The number of nitro benzene ring substituents is 1. The van der Waals surface area contributed by atoms with Crippen molar-refractivity contribution in [2.45, 2.75) is 16.6 Å². The summed E-state index contributed by atoms with van der Waals surface area (Å²) in [5, 5.41) is 25.2. The predicted octanol–water partition coefficient (Wildman–Crippen LogP) is 3.45. The number of carbonyl (C=O) groups is 2.